The molecule has 2 aromatic heterocycles. The lowest BCUT2D eigenvalue weighted by Gasteiger charge is -2.46. The third-order valence-corrected chi connectivity index (χ3v) is 6.60. The number of hydrogen-bond acceptors (Lipinski definition) is 6. The summed E-state index contributed by atoms with van der Waals surface area (Å²) in [6.45, 7) is 2.54. The normalized spacial score (nSPS) is 21.1. The van der Waals surface area contributed by atoms with Gasteiger partial charge in [0, 0.05) is 55.9 Å². The van der Waals surface area contributed by atoms with E-state index < -0.39 is 0 Å². The molecule has 1 N–H and O–H groups in total. The molecule has 3 aromatic rings. The predicted octanol–water partition coefficient (Wildman–Crippen LogP) is 3.34. The topological polar surface area (TPSA) is 93.5 Å². The van der Waals surface area contributed by atoms with E-state index in [1.807, 2.05) is 35.4 Å². The number of rotatable bonds is 5. The summed E-state index contributed by atoms with van der Waals surface area (Å²) in [7, 11) is 1.62. The molecule has 8 heteroatoms. The van der Waals surface area contributed by atoms with E-state index >= 15 is 0 Å². The van der Waals surface area contributed by atoms with Crippen LogP contribution in [0.3, 0.4) is 0 Å². The van der Waals surface area contributed by atoms with E-state index in [0.717, 1.165) is 68.3 Å². The minimum atomic E-state index is -0.153. The Morgan fingerprint density at radius 1 is 1.32 bits per heavy atom. The van der Waals surface area contributed by atoms with Crippen molar-refractivity contribution in [3.63, 3.8) is 0 Å². The van der Waals surface area contributed by atoms with E-state index in [9.17, 15) is 4.79 Å². The first kappa shape index (κ1) is 20.2. The van der Waals surface area contributed by atoms with Crippen LogP contribution in [-0.4, -0.2) is 58.3 Å². The molecule has 1 amide bonds. The molecule has 0 radical (unpaired) electrons. The number of hydrogen-bond donors (Lipinski definition) is 1. The average Bonchev–Trinajstić information content (AvgIpc) is 3.43. The average molecular weight is 425 g/mol. The van der Waals surface area contributed by atoms with Crippen LogP contribution in [0.2, 0.25) is 0 Å². The van der Waals surface area contributed by atoms with Gasteiger partial charge in [0.25, 0.3) is 5.91 Å². The molecule has 1 spiro atoms. The molecule has 4 heterocycles. The van der Waals surface area contributed by atoms with Crippen molar-refractivity contribution in [2.45, 2.75) is 44.3 Å². The van der Waals surface area contributed by atoms with Crippen LogP contribution in [0.5, 0.6) is 0 Å². The molecule has 31 heavy (non-hydrogen) atoms. The maximum absolute atomic E-state index is 13.0. The van der Waals surface area contributed by atoms with E-state index in [4.69, 9.17) is 14.0 Å². The van der Waals surface area contributed by atoms with E-state index in [1.165, 1.54) is 0 Å². The summed E-state index contributed by atoms with van der Waals surface area (Å²) >= 11 is 0. The second kappa shape index (κ2) is 8.43. The Morgan fingerprint density at radius 2 is 2.19 bits per heavy atom. The zero-order valence-corrected chi connectivity index (χ0v) is 17.8. The van der Waals surface area contributed by atoms with Gasteiger partial charge in [-0.1, -0.05) is 5.16 Å². The van der Waals surface area contributed by atoms with Gasteiger partial charge in [-0.2, -0.15) is 4.98 Å². The fourth-order valence-electron chi connectivity index (χ4n) is 4.95. The van der Waals surface area contributed by atoms with Crippen LogP contribution in [0.25, 0.3) is 10.9 Å². The molecule has 2 aliphatic rings. The van der Waals surface area contributed by atoms with Crippen LogP contribution in [0.15, 0.2) is 35.0 Å². The van der Waals surface area contributed by atoms with Gasteiger partial charge in [-0.15, -0.1) is 0 Å². The third kappa shape index (κ3) is 4.22. The molecule has 8 nitrogen and oxygen atoms in total. The van der Waals surface area contributed by atoms with E-state index in [1.54, 1.807) is 7.11 Å². The SMILES string of the molecule is COCc1noc(CC2CCOC3(CCN(C(=O)c4ccc5[nH]ccc5c4)CC3)C2)n1. The van der Waals surface area contributed by atoms with Crippen LogP contribution in [-0.2, 0) is 22.5 Å². The number of nitrogens with zero attached hydrogens (tertiary/aromatic N) is 3. The van der Waals surface area contributed by atoms with Crippen molar-refractivity contribution >= 4 is 16.8 Å². The molecular weight excluding hydrogens is 396 g/mol. The highest BCUT2D eigenvalue weighted by Crippen LogP contribution is 2.39. The van der Waals surface area contributed by atoms with Crippen molar-refractivity contribution in [1.82, 2.24) is 20.0 Å². The van der Waals surface area contributed by atoms with E-state index in [2.05, 4.69) is 15.1 Å². The summed E-state index contributed by atoms with van der Waals surface area (Å²) in [4.78, 5) is 22.6. The minimum absolute atomic E-state index is 0.0989. The number of likely N-dealkylation sites (tertiary alicyclic amines) is 1. The molecule has 0 saturated carbocycles. The molecule has 164 valence electrons. The van der Waals surface area contributed by atoms with Gasteiger partial charge in [0.2, 0.25) is 5.89 Å². The fraction of sp³-hybridized carbons (Fsp3) is 0.522. The summed E-state index contributed by atoms with van der Waals surface area (Å²) in [5.74, 6) is 1.80. The third-order valence-electron chi connectivity index (χ3n) is 6.60. The zero-order chi connectivity index (χ0) is 21.3. The molecule has 5 rings (SSSR count). The lowest BCUT2D eigenvalue weighted by atomic mass is 9.78. The molecule has 2 saturated heterocycles. The number of methoxy groups -OCH3 is 1. The number of H-pyrrole nitrogens is 1. The Bertz CT molecular complexity index is 1050. The second-order valence-electron chi connectivity index (χ2n) is 8.70. The van der Waals surface area contributed by atoms with E-state index in [0.29, 0.717) is 24.2 Å². The lowest BCUT2D eigenvalue weighted by Crippen LogP contribution is -2.51. The molecule has 2 aliphatic heterocycles. The van der Waals surface area contributed by atoms with E-state index in [-0.39, 0.29) is 11.5 Å². The highest BCUT2D eigenvalue weighted by atomic mass is 16.5. The van der Waals surface area contributed by atoms with Crippen molar-refractivity contribution in [2.75, 3.05) is 26.8 Å². The number of fused-ring (bicyclic) bond motifs is 1. The van der Waals surface area contributed by atoms with Gasteiger partial charge in [-0.25, -0.2) is 0 Å². The van der Waals surface area contributed by atoms with Gasteiger partial charge >= 0.3 is 0 Å². The van der Waals surface area contributed by atoms with Crippen molar-refractivity contribution in [3.8, 4) is 0 Å². The molecule has 1 unspecified atom stereocenters. The number of carbonyl (C=O) groups is 1. The fourth-order valence-corrected chi connectivity index (χ4v) is 4.95. The number of piperidine rings is 1. The zero-order valence-electron chi connectivity index (χ0n) is 17.8. The molecule has 1 aromatic carbocycles. The molecule has 0 bridgehead atoms. The van der Waals surface area contributed by atoms with Gasteiger partial charge in [0.05, 0.1) is 5.60 Å². The number of ether oxygens (including phenoxy) is 2. The van der Waals surface area contributed by atoms with Gasteiger partial charge in [-0.05, 0) is 55.9 Å². The monoisotopic (exact) mass is 424 g/mol. The number of carbonyl (C=O) groups excluding carboxylic acids is 1. The Hall–Kier alpha value is -2.71. The first-order valence-electron chi connectivity index (χ1n) is 10.9. The maximum Gasteiger partial charge on any atom is 0.253 e. The minimum Gasteiger partial charge on any atom is -0.377 e. The molecule has 0 aliphatic carbocycles. The standard InChI is InChI=1S/C23H28N4O4/c1-29-15-20-25-21(31-26-20)12-16-5-11-30-23(14-16)6-9-27(10-7-23)22(28)18-2-3-19-17(13-18)4-8-24-19/h2-4,8,13,16,24H,5-7,9-12,14-15H2,1H3. The highest BCUT2D eigenvalue weighted by molar-refractivity contribution is 5.98. The molecular formula is C23H28N4O4. The Morgan fingerprint density at radius 3 is 3.03 bits per heavy atom. The van der Waals surface area contributed by atoms with Crippen LogP contribution >= 0.6 is 0 Å². The first-order valence-corrected chi connectivity index (χ1v) is 10.9. The summed E-state index contributed by atoms with van der Waals surface area (Å²) in [5, 5.41) is 5.02. The van der Waals surface area contributed by atoms with Crippen molar-refractivity contribution in [3.05, 3.63) is 47.7 Å². The van der Waals surface area contributed by atoms with Crippen molar-refractivity contribution in [2.24, 2.45) is 5.92 Å². The summed E-state index contributed by atoms with van der Waals surface area (Å²) in [6, 6.07) is 7.84. The number of nitrogens with one attached hydrogen (secondary N) is 1. The maximum atomic E-state index is 13.0. The summed E-state index contributed by atoms with van der Waals surface area (Å²) in [6.07, 6.45) is 6.34. The van der Waals surface area contributed by atoms with Gasteiger partial charge in [-0.3, -0.25) is 4.79 Å². The van der Waals surface area contributed by atoms with Crippen LogP contribution in [0.4, 0.5) is 0 Å². The number of amides is 1. The van der Waals surface area contributed by atoms with Crippen LogP contribution in [0, 0.1) is 5.92 Å². The highest BCUT2D eigenvalue weighted by Gasteiger charge is 2.41. The Balaban J connectivity index is 1.19. The Labute approximate surface area is 180 Å². The van der Waals surface area contributed by atoms with Gasteiger partial charge in [0.1, 0.15) is 6.61 Å². The Kier molecular flexibility index (Phi) is 5.50. The van der Waals surface area contributed by atoms with Crippen molar-refractivity contribution < 1.29 is 18.8 Å². The molecule has 2 fully saturated rings. The van der Waals surface area contributed by atoms with Gasteiger partial charge in [0.15, 0.2) is 5.82 Å². The van der Waals surface area contributed by atoms with Crippen LogP contribution < -0.4 is 0 Å². The second-order valence-corrected chi connectivity index (χ2v) is 8.70. The summed E-state index contributed by atoms with van der Waals surface area (Å²) < 4.78 is 16.7. The summed E-state index contributed by atoms with van der Waals surface area (Å²) in [5.41, 5.74) is 1.64. The number of aromatic nitrogens is 3. The van der Waals surface area contributed by atoms with Gasteiger partial charge < -0.3 is 23.9 Å². The van der Waals surface area contributed by atoms with Crippen LogP contribution in [0.1, 0.15) is 47.8 Å². The number of aromatic amines is 1. The lowest BCUT2D eigenvalue weighted by molar-refractivity contribution is -0.124. The number of benzene rings is 1. The van der Waals surface area contributed by atoms with Crippen molar-refractivity contribution in [1.29, 1.82) is 0 Å². The largest absolute Gasteiger partial charge is 0.377 e. The first-order chi connectivity index (χ1) is 15.1. The quantitative estimate of drug-likeness (QED) is 0.675. The smallest absolute Gasteiger partial charge is 0.253 e. The molecule has 1 atom stereocenters. The predicted molar refractivity (Wildman–Crippen MR) is 114 cm³/mol.